The highest BCUT2D eigenvalue weighted by molar-refractivity contribution is 5.91. The van der Waals surface area contributed by atoms with Crippen molar-refractivity contribution < 1.29 is 9.90 Å². The summed E-state index contributed by atoms with van der Waals surface area (Å²) >= 11 is 0. The van der Waals surface area contributed by atoms with Gasteiger partial charge in [0, 0.05) is 0 Å². The van der Waals surface area contributed by atoms with Gasteiger partial charge in [0.2, 0.25) is 0 Å². The SMILES string of the molecule is CCC(C)(C)c1cc(C)c(C(=O)O)c(C)c1. The molecule has 1 N–H and O–H groups in total. The second-order valence-corrected chi connectivity index (χ2v) is 5.03. The van der Waals surface area contributed by atoms with Gasteiger partial charge in [-0.05, 0) is 42.4 Å². The van der Waals surface area contributed by atoms with Crippen LogP contribution in [-0.4, -0.2) is 11.1 Å². The van der Waals surface area contributed by atoms with Crippen LogP contribution in [0.3, 0.4) is 0 Å². The summed E-state index contributed by atoms with van der Waals surface area (Å²) in [5, 5.41) is 9.10. The van der Waals surface area contributed by atoms with E-state index in [1.54, 1.807) is 0 Å². The van der Waals surface area contributed by atoms with E-state index in [1.807, 2.05) is 26.0 Å². The summed E-state index contributed by atoms with van der Waals surface area (Å²) in [5.41, 5.74) is 3.46. The second-order valence-electron chi connectivity index (χ2n) is 5.03. The summed E-state index contributed by atoms with van der Waals surface area (Å²) in [6.45, 7) is 10.2. The maximum absolute atomic E-state index is 11.1. The third kappa shape index (κ3) is 2.26. The van der Waals surface area contributed by atoms with Crippen LogP contribution < -0.4 is 0 Å². The molecule has 0 aliphatic carbocycles. The molecule has 0 aliphatic heterocycles. The van der Waals surface area contributed by atoms with Gasteiger partial charge >= 0.3 is 5.97 Å². The molecule has 0 aliphatic rings. The largest absolute Gasteiger partial charge is 0.478 e. The first kappa shape index (κ1) is 12.8. The maximum atomic E-state index is 11.1. The maximum Gasteiger partial charge on any atom is 0.336 e. The highest BCUT2D eigenvalue weighted by Gasteiger charge is 2.21. The van der Waals surface area contributed by atoms with Crippen LogP contribution in [0.15, 0.2) is 12.1 Å². The number of aryl methyl sites for hydroxylation is 2. The minimum Gasteiger partial charge on any atom is -0.478 e. The minimum atomic E-state index is -0.837. The molecule has 0 amide bonds. The lowest BCUT2D eigenvalue weighted by atomic mass is 9.80. The van der Waals surface area contributed by atoms with E-state index < -0.39 is 5.97 Å². The monoisotopic (exact) mass is 220 g/mol. The highest BCUT2D eigenvalue weighted by atomic mass is 16.4. The topological polar surface area (TPSA) is 37.3 Å². The first-order valence-electron chi connectivity index (χ1n) is 5.64. The third-order valence-corrected chi connectivity index (χ3v) is 3.41. The molecule has 0 atom stereocenters. The van der Waals surface area contributed by atoms with E-state index in [0.29, 0.717) is 5.56 Å². The minimum absolute atomic E-state index is 0.104. The van der Waals surface area contributed by atoms with Gasteiger partial charge in [-0.25, -0.2) is 4.79 Å². The zero-order chi connectivity index (χ0) is 12.5. The predicted molar refractivity (Wildman–Crippen MR) is 66.2 cm³/mol. The van der Waals surface area contributed by atoms with Crippen LogP contribution in [-0.2, 0) is 5.41 Å². The Balaban J connectivity index is 3.36. The van der Waals surface area contributed by atoms with Gasteiger partial charge in [0.25, 0.3) is 0 Å². The van der Waals surface area contributed by atoms with Gasteiger partial charge in [-0.2, -0.15) is 0 Å². The lowest BCUT2D eigenvalue weighted by Gasteiger charge is -2.25. The van der Waals surface area contributed by atoms with E-state index in [4.69, 9.17) is 5.11 Å². The van der Waals surface area contributed by atoms with E-state index in [9.17, 15) is 4.79 Å². The lowest BCUT2D eigenvalue weighted by molar-refractivity contribution is 0.0695. The van der Waals surface area contributed by atoms with E-state index in [-0.39, 0.29) is 5.41 Å². The molecule has 1 rings (SSSR count). The number of aromatic carboxylic acids is 1. The Hall–Kier alpha value is -1.31. The molecule has 0 bridgehead atoms. The van der Waals surface area contributed by atoms with Crippen LogP contribution in [0.25, 0.3) is 0 Å². The summed E-state index contributed by atoms with van der Waals surface area (Å²) < 4.78 is 0. The van der Waals surface area contributed by atoms with Crippen molar-refractivity contribution in [3.63, 3.8) is 0 Å². The van der Waals surface area contributed by atoms with Crippen LogP contribution in [0.2, 0.25) is 0 Å². The van der Waals surface area contributed by atoms with Gasteiger partial charge in [0.05, 0.1) is 5.56 Å². The third-order valence-electron chi connectivity index (χ3n) is 3.41. The lowest BCUT2D eigenvalue weighted by Crippen LogP contribution is -2.17. The molecule has 0 spiro atoms. The van der Waals surface area contributed by atoms with Crippen molar-refractivity contribution in [3.05, 3.63) is 34.4 Å². The molecule has 0 saturated carbocycles. The molecular formula is C14H20O2. The Bertz CT molecular complexity index is 394. The second kappa shape index (κ2) is 4.28. The van der Waals surface area contributed by atoms with Crippen LogP contribution in [0.5, 0.6) is 0 Å². The standard InChI is InChI=1S/C14H20O2/c1-6-14(4,5)11-7-9(2)12(13(15)16)10(3)8-11/h7-8H,6H2,1-5H3,(H,15,16). The first-order valence-corrected chi connectivity index (χ1v) is 5.64. The number of hydrogen-bond acceptors (Lipinski definition) is 1. The normalized spacial score (nSPS) is 11.6. The number of benzene rings is 1. The fourth-order valence-corrected chi connectivity index (χ4v) is 1.90. The fraction of sp³-hybridized carbons (Fsp3) is 0.500. The van der Waals surface area contributed by atoms with Crippen LogP contribution in [0.4, 0.5) is 0 Å². The van der Waals surface area contributed by atoms with Crippen molar-refractivity contribution in [2.24, 2.45) is 0 Å². The van der Waals surface area contributed by atoms with Crippen molar-refractivity contribution in [1.29, 1.82) is 0 Å². The van der Waals surface area contributed by atoms with Gasteiger partial charge in [-0.3, -0.25) is 0 Å². The molecule has 2 nitrogen and oxygen atoms in total. The van der Waals surface area contributed by atoms with Gasteiger partial charge in [-0.15, -0.1) is 0 Å². The average Bonchev–Trinajstić information content (AvgIpc) is 2.15. The zero-order valence-corrected chi connectivity index (χ0v) is 10.7. The van der Waals surface area contributed by atoms with Crippen molar-refractivity contribution >= 4 is 5.97 Å². The first-order chi connectivity index (χ1) is 7.29. The quantitative estimate of drug-likeness (QED) is 0.843. The molecule has 0 saturated heterocycles. The smallest absolute Gasteiger partial charge is 0.336 e. The molecular weight excluding hydrogens is 200 g/mol. The van der Waals surface area contributed by atoms with E-state index in [2.05, 4.69) is 20.8 Å². The summed E-state index contributed by atoms with van der Waals surface area (Å²) in [7, 11) is 0. The number of carbonyl (C=O) groups is 1. The van der Waals surface area contributed by atoms with Gasteiger partial charge in [0.1, 0.15) is 0 Å². The number of hydrogen-bond donors (Lipinski definition) is 1. The van der Waals surface area contributed by atoms with Crippen molar-refractivity contribution in [2.45, 2.75) is 46.5 Å². The van der Waals surface area contributed by atoms with Crippen LogP contribution in [0.1, 0.15) is 54.2 Å². The zero-order valence-electron chi connectivity index (χ0n) is 10.7. The van der Waals surface area contributed by atoms with E-state index in [0.717, 1.165) is 17.5 Å². The van der Waals surface area contributed by atoms with Crippen LogP contribution >= 0.6 is 0 Å². The Morgan fingerprint density at radius 2 is 1.69 bits per heavy atom. The predicted octanol–water partition coefficient (Wildman–Crippen LogP) is 3.69. The molecule has 0 unspecified atom stereocenters. The molecule has 0 aromatic heterocycles. The summed E-state index contributed by atoms with van der Waals surface area (Å²) in [5.74, 6) is -0.837. The van der Waals surface area contributed by atoms with Gasteiger partial charge in [0.15, 0.2) is 0 Å². The fourth-order valence-electron chi connectivity index (χ4n) is 1.90. The van der Waals surface area contributed by atoms with Crippen molar-refractivity contribution in [1.82, 2.24) is 0 Å². The molecule has 1 aromatic carbocycles. The summed E-state index contributed by atoms with van der Waals surface area (Å²) in [4.78, 5) is 11.1. The average molecular weight is 220 g/mol. The molecule has 88 valence electrons. The van der Waals surface area contributed by atoms with Crippen molar-refractivity contribution in [3.8, 4) is 0 Å². The molecule has 0 radical (unpaired) electrons. The summed E-state index contributed by atoms with van der Waals surface area (Å²) in [6.07, 6.45) is 1.04. The molecule has 0 heterocycles. The number of carboxylic acids is 1. The molecule has 16 heavy (non-hydrogen) atoms. The van der Waals surface area contributed by atoms with Crippen LogP contribution in [0, 0.1) is 13.8 Å². The Kier molecular flexibility index (Phi) is 3.41. The highest BCUT2D eigenvalue weighted by Crippen LogP contribution is 2.29. The number of carboxylic acid groups (broad SMARTS) is 1. The Labute approximate surface area is 97.3 Å². The van der Waals surface area contributed by atoms with Gasteiger partial charge in [-0.1, -0.05) is 32.9 Å². The van der Waals surface area contributed by atoms with E-state index in [1.165, 1.54) is 5.56 Å². The molecule has 1 aromatic rings. The Morgan fingerprint density at radius 3 is 2.00 bits per heavy atom. The van der Waals surface area contributed by atoms with Crippen molar-refractivity contribution in [2.75, 3.05) is 0 Å². The molecule has 2 heteroatoms. The number of rotatable bonds is 3. The van der Waals surface area contributed by atoms with E-state index >= 15 is 0 Å². The van der Waals surface area contributed by atoms with Gasteiger partial charge < -0.3 is 5.11 Å². The molecule has 0 fully saturated rings. The Morgan fingerprint density at radius 1 is 1.25 bits per heavy atom. The summed E-state index contributed by atoms with van der Waals surface area (Å²) in [6, 6.07) is 4.00.